The number of carbonyl (C=O) groups excluding carboxylic acids is 1. The molecule has 1 aliphatic rings. The summed E-state index contributed by atoms with van der Waals surface area (Å²) in [6.45, 7) is 3.21. The van der Waals surface area contributed by atoms with Crippen LogP contribution in [0, 0.1) is 5.82 Å². The minimum absolute atomic E-state index is 0.0639. The zero-order valence-corrected chi connectivity index (χ0v) is 17.7. The fourth-order valence-electron chi connectivity index (χ4n) is 4.35. The molecule has 0 bridgehead atoms. The summed E-state index contributed by atoms with van der Waals surface area (Å²) in [6.07, 6.45) is 2.10. The summed E-state index contributed by atoms with van der Waals surface area (Å²) < 4.78 is 19.6. The molecule has 160 valence electrons. The first-order valence-electron chi connectivity index (χ1n) is 10.9. The lowest BCUT2D eigenvalue weighted by Gasteiger charge is -2.34. The maximum atomic E-state index is 13.1. The first-order chi connectivity index (χ1) is 15.2. The van der Waals surface area contributed by atoms with Crippen LogP contribution in [0.4, 0.5) is 4.39 Å². The number of Topliss-reactive ketones (excluding diaryl/α,β-unsaturated/α-hetero) is 1. The normalized spacial score (nSPS) is 16.5. The average Bonchev–Trinajstić information content (AvgIpc) is 3.04. The van der Waals surface area contributed by atoms with E-state index in [1.807, 2.05) is 12.1 Å². The van der Waals surface area contributed by atoms with Gasteiger partial charge in [0, 0.05) is 25.1 Å². The van der Waals surface area contributed by atoms with Gasteiger partial charge in [0.25, 0.3) is 0 Å². The molecule has 0 atom stereocenters. The predicted octanol–water partition coefficient (Wildman–Crippen LogP) is 5.45. The molecule has 1 aliphatic heterocycles. The average molecular weight is 418 g/mol. The van der Waals surface area contributed by atoms with Crippen molar-refractivity contribution in [3.8, 4) is 0 Å². The highest BCUT2D eigenvalue weighted by Crippen LogP contribution is 2.38. The molecule has 0 saturated carbocycles. The molecule has 0 radical (unpaired) electrons. The van der Waals surface area contributed by atoms with E-state index < -0.39 is 5.60 Å². The monoisotopic (exact) mass is 417 g/mol. The van der Waals surface area contributed by atoms with Crippen molar-refractivity contribution in [1.29, 1.82) is 0 Å². The van der Waals surface area contributed by atoms with Gasteiger partial charge in [0.05, 0.1) is 6.61 Å². The molecule has 3 aromatic rings. The fraction of sp³-hybridized carbons (Fsp3) is 0.296. The maximum absolute atomic E-state index is 13.1. The highest BCUT2D eigenvalue weighted by atomic mass is 19.1. The Morgan fingerprint density at radius 2 is 1.48 bits per heavy atom. The van der Waals surface area contributed by atoms with E-state index in [4.69, 9.17) is 4.74 Å². The van der Waals surface area contributed by atoms with Crippen LogP contribution in [0.25, 0.3) is 0 Å². The number of ketones is 1. The zero-order chi connectivity index (χ0) is 21.5. The van der Waals surface area contributed by atoms with E-state index in [1.54, 1.807) is 12.1 Å². The Kier molecular flexibility index (Phi) is 6.90. The van der Waals surface area contributed by atoms with Gasteiger partial charge in [-0.2, -0.15) is 0 Å². The zero-order valence-electron chi connectivity index (χ0n) is 17.7. The summed E-state index contributed by atoms with van der Waals surface area (Å²) in [6, 6.07) is 26.7. The van der Waals surface area contributed by atoms with Gasteiger partial charge in [-0.1, -0.05) is 60.7 Å². The lowest BCUT2D eigenvalue weighted by molar-refractivity contribution is -0.0101. The molecule has 31 heavy (non-hydrogen) atoms. The Morgan fingerprint density at radius 3 is 2.10 bits per heavy atom. The third-order valence-corrected chi connectivity index (χ3v) is 6.06. The number of halogens is 1. The Morgan fingerprint density at radius 1 is 0.871 bits per heavy atom. The lowest BCUT2D eigenvalue weighted by Crippen LogP contribution is -2.32. The van der Waals surface area contributed by atoms with Crippen LogP contribution in [-0.4, -0.2) is 36.9 Å². The van der Waals surface area contributed by atoms with Crippen LogP contribution in [0.15, 0.2) is 84.9 Å². The van der Waals surface area contributed by atoms with Crippen molar-refractivity contribution in [1.82, 2.24) is 4.90 Å². The molecular formula is C27H28FNO2. The summed E-state index contributed by atoms with van der Waals surface area (Å²) >= 11 is 0. The van der Waals surface area contributed by atoms with Crippen molar-refractivity contribution in [2.45, 2.75) is 24.9 Å². The summed E-state index contributed by atoms with van der Waals surface area (Å²) in [5, 5.41) is 0. The second-order valence-corrected chi connectivity index (χ2v) is 8.03. The highest BCUT2D eigenvalue weighted by molar-refractivity contribution is 5.95. The molecule has 0 unspecified atom stereocenters. The molecule has 0 N–H and O–H groups in total. The van der Waals surface area contributed by atoms with E-state index in [-0.39, 0.29) is 11.6 Å². The van der Waals surface area contributed by atoms with Crippen molar-refractivity contribution >= 4 is 5.78 Å². The Hall–Kier alpha value is -2.82. The summed E-state index contributed by atoms with van der Waals surface area (Å²) in [5.41, 5.74) is 2.47. The van der Waals surface area contributed by atoms with Crippen molar-refractivity contribution in [2.24, 2.45) is 0 Å². The SMILES string of the molecule is O=C(CCCN1CCOC(c2ccccc2)(c2ccccc2)CC1)c1ccc(F)cc1. The second-order valence-electron chi connectivity index (χ2n) is 8.03. The molecule has 0 aromatic heterocycles. The standard InChI is InChI=1S/C27H28FNO2/c28-25-15-13-22(14-16-25)26(30)12-7-18-29-19-17-27(31-21-20-29,23-8-3-1-4-9-23)24-10-5-2-6-11-24/h1-6,8-11,13-16H,7,12,17-21H2. The molecule has 1 fully saturated rings. The largest absolute Gasteiger partial charge is 0.364 e. The van der Waals surface area contributed by atoms with E-state index >= 15 is 0 Å². The molecule has 1 saturated heterocycles. The van der Waals surface area contributed by atoms with Crippen LogP contribution < -0.4 is 0 Å². The Labute approximate surface area is 183 Å². The number of carbonyl (C=O) groups is 1. The lowest BCUT2D eigenvalue weighted by atomic mass is 9.83. The number of hydrogen-bond acceptors (Lipinski definition) is 3. The fourth-order valence-corrected chi connectivity index (χ4v) is 4.35. The minimum Gasteiger partial charge on any atom is -0.364 e. The molecule has 4 heteroatoms. The molecule has 0 aliphatic carbocycles. The number of ether oxygens (including phenoxy) is 1. The third-order valence-electron chi connectivity index (χ3n) is 6.06. The second kappa shape index (κ2) is 9.99. The molecule has 0 amide bonds. The first kappa shape index (κ1) is 21.4. The van der Waals surface area contributed by atoms with Crippen LogP contribution in [0.3, 0.4) is 0 Å². The van der Waals surface area contributed by atoms with E-state index in [9.17, 15) is 9.18 Å². The van der Waals surface area contributed by atoms with Gasteiger partial charge in [0.1, 0.15) is 11.4 Å². The molecule has 4 rings (SSSR count). The van der Waals surface area contributed by atoms with Crippen LogP contribution in [0.5, 0.6) is 0 Å². The van der Waals surface area contributed by atoms with Gasteiger partial charge in [-0.3, -0.25) is 4.79 Å². The summed E-state index contributed by atoms with van der Waals surface area (Å²) in [7, 11) is 0. The van der Waals surface area contributed by atoms with E-state index in [1.165, 1.54) is 23.3 Å². The van der Waals surface area contributed by atoms with Gasteiger partial charge in [-0.25, -0.2) is 4.39 Å². The van der Waals surface area contributed by atoms with Crippen LogP contribution in [-0.2, 0) is 10.3 Å². The summed E-state index contributed by atoms with van der Waals surface area (Å²) in [5.74, 6) is -0.254. The van der Waals surface area contributed by atoms with E-state index in [0.29, 0.717) is 18.6 Å². The molecule has 3 aromatic carbocycles. The third kappa shape index (κ3) is 5.09. The first-order valence-corrected chi connectivity index (χ1v) is 10.9. The van der Waals surface area contributed by atoms with E-state index in [0.717, 1.165) is 32.5 Å². The van der Waals surface area contributed by atoms with Crippen molar-refractivity contribution in [3.05, 3.63) is 107 Å². The van der Waals surface area contributed by atoms with Crippen molar-refractivity contribution < 1.29 is 13.9 Å². The van der Waals surface area contributed by atoms with Crippen molar-refractivity contribution in [2.75, 3.05) is 26.2 Å². The smallest absolute Gasteiger partial charge is 0.162 e. The quantitative estimate of drug-likeness (QED) is 0.479. The minimum atomic E-state index is -0.457. The van der Waals surface area contributed by atoms with Gasteiger partial charge in [0.15, 0.2) is 5.78 Å². The number of benzene rings is 3. The van der Waals surface area contributed by atoms with Gasteiger partial charge in [0.2, 0.25) is 0 Å². The number of nitrogens with zero attached hydrogens (tertiary/aromatic N) is 1. The van der Waals surface area contributed by atoms with Crippen LogP contribution in [0.2, 0.25) is 0 Å². The van der Waals surface area contributed by atoms with Crippen LogP contribution >= 0.6 is 0 Å². The Bertz CT molecular complexity index is 934. The van der Waals surface area contributed by atoms with E-state index in [2.05, 4.69) is 53.4 Å². The maximum Gasteiger partial charge on any atom is 0.162 e. The predicted molar refractivity (Wildman–Crippen MR) is 121 cm³/mol. The number of hydrogen-bond donors (Lipinski definition) is 0. The van der Waals surface area contributed by atoms with Crippen molar-refractivity contribution in [3.63, 3.8) is 0 Å². The van der Waals surface area contributed by atoms with Gasteiger partial charge < -0.3 is 9.64 Å². The van der Waals surface area contributed by atoms with Gasteiger partial charge in [-0.05, 0) is 54.8 Å². The number of rotatable bonds is 7. The molecule has 0 spiro atoms. The topological polar surface area (TPSA) is 29.5 Å². The summed E-state index contributed by atoms with van der Waals surface area (Å²) in [4.78, 5) is 14.8. The van der Waals surface area contributed by atoms with Gasteiger partial charge >= 0.3 is 0 Å². The highest BCUT2D eigenvalue weighted by Gasteiger charge is 2.37. The van der Waals surface area contributed by atoms with Crippen LogP contribution in [0.1, 0.15) is 40.7 Å². The van der Waals surface area contributed by atoms with Gasteiger partial charge in [-0.15, -0.1) is 0 Å². The molecule has 1 heterocycles. The molecular weight excluding hydrogens is 389 g/mol. The Balaban J connectivity index is 1.40. The molecule has 3 nitrogen and oxygen atoms in total.